The fourth-order valence-electron chi connectivity index (χ4n) is 6.96. The zero-order chi connectivity index (χ0) is 29.4. The van der Waals surface area contributed by atoms with E-state index in [0.717, 1.165) is 22.2 Å². The number of nitrogens with zero attached hydrogens (tertiary/aromatic N) is 2. The molecule has 2 aromatic rings. The Morgan fingerprint density at radius 1 is 0.513 bits per heavy atom. The summed E-state index contributed by atoms with van der Waals surface area (Å²) < 4.78 is 9.48. The lowest BCUT2D eigenvalue weighted by molar-refractivity contribution is 0.650. The van der Waals surface area contributed by atoms with Crippen molar-refractivity contribution in [1.82, 2.24) is 8.75 Å². The Labute approximate surface area is 247 Å². The third-order valence-electron chi connectivity index (χ3n) is 7.13. The molecule has 1 aromatic heterocycles. The van der Waals surface area contributed by atoms with Gasteiger partial charge in [-0.1, -0.05) is 94.9 Å². The Bertz CT molecular complexity index is 1030. The predicted octanol–water partition coefficient (Wildman–Crippen LogP) is 10.3. The summed E-state index contributed by atoms with van der Waals surface area (Å²) in [5.41, 5.74) is 11.9. The minimum absolute atomic E-state index is 0.675. The van der Waals surface area contributed by atoms with Gasteiger partial charge < -0.3 is 0 Å². The Balaban J connectivity index is 2.60. The van der Waals surface area contributed by atoms with E-state index in [-0.39, 0.29) is 0 Å². The van der Waals surface area contributed by atoms with Gasteiger partial charge in [0.05, 0.1) is 22.9 Å². The summed E-state index contributed by atoms with van der Waals surface area (Å²) in [7, 11) is -3.53. The van der Waals surface area contributed by atoms with Gasteiger partial charge in [0, 0.05) is 0 Å². The average molecular weight is 581 g/mol. The molecule has 2 nitrogen and oxygen atoms in total. The maximum atomic E-state index is 4.74. The lowest BCUT2D eigenvalue weighted by Gasteiger charge is -2.31. The first-order chi connectivity index (χ1) is 18.2. The van der Waals surface area contributed by atoms with Crippen LogP contribution in [0, 0.1) is 58.4 Å². The van der Waals surface area contributed by atoms with E-state index in [1.54, 1.807) is 0 Å². The van der Waals surface area contributed by atoms with Crippen LogP contribution in [-0.2, 0) is 0 Å². The Morgan fingerprint density at radius 2 is 0.769 bits per heavy atom. The Hall–Kier alpha value is -1.41. The van der Waals surface area contributed by atoms with Gasteiger partial charge in [0.15, 0.2) is 0 Å². The van der Waals surface area contributed by atoms with Gasteiger partial charge >= 0.3 is 0 Å². The van der Waals surface area contributed by atoms with Crippen LogP contribution in [0.2, 0.25) is 36.3 Å². The number of hydrogen-bond donors (Lipinski definition) is 0. The van der Waals surface area contributed by atoms with Crippen molar-refractivity contribution >= 4 is 38.9 Å². The second-order valence-corrected chi connectivity index (χ2v) is 23.4. The third-order valence-corrected chi connectivity index (χ3v) is 18.6. The van der Waals surface area contributed by atoms with E-state index in [4.69, 9.17) is 8.75 Å². The molecule has 0 unspecified atom stereocenters. The van der Waals surface area contributed by atoms with Gasteiger partial charge in [0.1, 0.15) is 27.2 Å². The van der Waals surface area contributed by atoms with Crippen LogP contribution in [0.15, 0.2) is 12.1 Å². The van der Waals surface area contributed by atoms with E-state index < -0.39 is 16.1 Å². The van der Waals surface area contributed by atoms with Crippen LogP contribution in [0.1, 0.15) is 94.2 Å². The van der Waals surface area contributed by atoms with Gasteiger partial charge in [-0.2, -0.15) is 8.75 Å². The first-order valence-electron chi connectivity index (χ1n) is 15.5. The summed E-state index contributed by atoms with van der Waals surface area (Å²) in [4.78, 5) is 0. The van der Waals surface area contributed by atoms with Crippen LogP contribution in [0.3, 0.4) is 0 Å². The van der Waals surface area contributed by atoms with Crippen molar-refractivity contribution in [1.29, 1.82) is 0 Å². The standard InChI is InChI=1S/C34H56N2SSi2/c1-25(2)19-38(20-26(3)4,21-27(5)6)17-15-31-13-14-32(34-33(31)35-37-36-34)16-18-39(22-28(7)8,23-29(9)10)24-30(11)12/h13-14,25-30H,19-24H2,1-12H3. The van der Waals surface area contributed by atoms with Crippen molar-refractivity contribution in [3.8, 4) is 22.9 Å². The van der Waals surface area contributed by atoms with Crippen LogP contribution in [0.25, 0.3) is 11.0 Å². The first-order valence-corrected chi connectivity index (χ1v) is 21.4. The molecule has 0 aliphatic carbocycles. The second kappa shape index (κ2) is 15.0. The maximum Gasteiger partial charge on any atom is 0.139 e. The molecule has 0 atom stereocenters. The number of rotatable bonds is 12. The third kappa shape index (κ3) is 10.8. The molecule has 39 heavy (non-hydrogen) atoms. The molecular formula is C34H56N2SSi2. The molecule has 0 fully saturated rings. The number of fused-ring (bicyclic) bond motifs is 1. The minimum atomic E-state index is -1.76. The summed E-state index contributed by atoms with van der Waals surface area (Å²) in [6.45, 7) is 28.3. The van der Waals surface area contributed by atoms with Gasteiger partial charge in [-0.15, -0.1) is 11.1 Å². The molecule has 0 amide bonds. The maximum absolute atomic E-state index is 4.74. The lowest BCUT2D eigenvalue weighted by atomic mass is 10.1. The highest BCUT2D eigenvalue weighted by atomic mass is 32.1. The Kier molecular flexibility index (Phi) is 13.0. The van der Waals surface area contributed by atoms with Gasteiger partial charge in [-0.25, -0.2) is 0 Å². The van der Waals surface area contributed by atoms with Gasteiger partial charge in [0.25, 0.3) is 0 Å². The summed E-state index contributed by atoms with van der Waals surface area (Å²) in [5, 5.41) is 0. The highest BCUT2D eigenvalue weighted by Crippen LogP contribution is 2.33. The van der Waals surface area contributed by atoms with E-state index in [9.17, 15) is 0 Å². The summed E-state index contributed by atoms with van der Waals surface area (Å²) >= 11 is 1.30. The van der Waals surface area contributed by atoms with E-state index in [0.29, 0.717) is 35.5 Å². The van der Waals surface area contributed by atoms with E-state index in [1.165, 1.54) is 48.0 Å². The molecule has 2 rings (SSSR count). The molecule has 216 valence electrons. The van der Waals surface area contributed by atoms with Crippen LogP contribution < -0.4 is 0 Å². The van der Waals surface area contributed by atoms with Crippen molar-refractivity contribution in [2.24, 2.45) is 35.5 Å². The zero-order valence-corrected chi connectivity index (χ0v) is 30.0. The quantitative estimate of drug-likeness (QED) is 0.184. The van der Waals surface area contributed by atoms with Gasteiger partial charge in [-0.05, 0) is 83.9 Å². The van der Waals surface area contributed by atoms with Crippen molar-refractivity contribution in [2.45, 2.75) is 119 Å². The molecular weight excluding hydrogens is 525 g/mol. The summed E-state index contributed by atoms with van der Waals surface area (Å²) in [6, 6.07) is 12.0. The van der Waals surface area contributed by atoms with Gasteiger partial charge in [-0.3, -0.25) is 0 Å². The zero-order valence-electron chi connectivity index (χ0n) is 27.2. The molecule has 0 saturated carbocycles. The first kappa shape index (κ1) is 33.8. The molecule has 0 N–H and O–H groups in total. The van der Waals surface area contributed by atoms with Crippen molar-refractivity contribution in [2.75, 3.05) is 0 Å². The molecule has 1 heterocycles. The highest BCUT2D eigenvalue weighted by Gasteiger charge is 2.35. The van der Waals surface area contributed by atoms with Crippen LogP contribution in [0.4, 0.5) is 0 Å². The van der Waals surface area contributed by atoms with Gasteiger partial charge in [0.2, 0.25) is 0 Å². The summed E-state index contributed by atoms with van der Waals surface area (Å²) in [5.74, 6) is 11.4. The van der Waals surface area contributed by atoms with E-state index in [1.807, 2.05) is 0 Å². The van der Waals surface area contributed by atoms with Crippen molar-refractivity contribution < 1.29 is 0 Å². The topological polar surface area (TPSA) is 25.8 Å². The summed E-state index contributed by atoms with van der Waals surface area (Å²) in [6.07, 6.45) is 0. The predicted molar refractivity (Wildman–Crippen MR) is 181 cm³/mol. The van der Waals surface area contributed by atoms with Crippen molar-refractivity contribution in [3.05, 3.63) is 23.3 Å². The minimum Gasteiger partial charge on any atom is -0.172 e. The van der Waals surface area contributed by atoms with Crippen LogP contribution in [-0.4, -0.2) is 24.9 Å². The SMILES string of the molecule is CC(C)C[Si](C#Cc1ccc(C#C[Si](CC(C)C)(CC(C)C)CC(C)C)c2nsnc12)(CC(C)C)CC(C)C. The smallest absolute Gasteiger partial charge is 0.139 e. The largest absolute Gasteiger partial charge is 0.172 e. The fraction of sp³-hybridized carbons (Fsp3) is 0.706. The second-order valence-electron chi connectivity index (χ2n) is 14.8. The molecule has 0 aliphatic rings. The molecule has 0 spiro atoms. The average Bonchev–Trinajstić information content (AvgIpc) is 3.24. The Morgan fingerprint density at radius 3 is 1.00 bits per heavy atom. The van der Waals surface area contributed by atoms with Crippen molar-refractivity contribution in [3.63, 3.8) is 0 Å². The number of hydrogen-bond acceptors (Lipinski definition) is 3. The monoisotopic (exact) mass is 580 g/mol. The molecule has 0 saturated heterocycles. The fourth-order valence-corrected chi connectivity index (χ4v) is 19.3. The normalized spacial score (nSPS) is 12.7. The van der Waals surface area contributed by atoms with Crippen LogP contribution >= 0.6 is 11.7 Å². The molecule has 1 aromatic carbocycles. The highest BCUT2D eigenvalue weighted by molar-refractivity contribution is 7.00. The number of aromatic nitrogens is 2. The molecule has 0 bridgehead atoms. The lowest BCUT2D eigenvalue weighted by Crippen LogP contribution is -2.37. The van der Waals surface area contributed by atoms with E-state index >= 15 is 0 Å². The van der Waals surface area contributed by atoms with E-state index in [2.05, 4.69) is 118 Å². The molecule has 5 heteroatoms. The molecule has 0 aliphatic heterocycles. The molecule has 0 radical (unpaired) electrons. The van der Waals surface area contributed by atoms with Crippen LogP contribution in [0.5, 0.6) is 0 Å². The number of benzene rings is 1.